The summed E-state index contributed by atoms with van der Waals surface area (Å²) in [5.41, 5.74) is 1.68. The van der Waals surface area contributed by atoms with Crippen LogP contribution < -0.4 is 5.56 Å². The second-order valence-electron chi connectivity index (χ2n) is 7.74. The molecule has 172 valence electrons. The summed E-state index contributed by atoms with van der Waals surface area (Å²) in [5, 5.41) is 18.9. The largest absolute Gasteiger partial charge is 0.297 e. The van der Waals surface area contributed by atoms with Gasteiger partial charge >= 0.3 is 0 Å². The van der Waals surface area contributed by atoms with Crippen LogP contribution in [0.5, 0.6) is 0 Å². The molecule has 0 amide bonds. The lowest BCUT2D eigenvalue weighted by atomic mass is 10.2. The average Bonchev–Trinajstić information content (AvgIpc) is 3.27. The van der Waals surface area contributed by atoms with Crippen LogP contribution in [0.1, 0.15) is 11.4 Å². The standard InChI is InChI=1S/C26H19FN6OS/c27-21-12-6-4-10-19(21)24-30-31-26(33(24)16-18-8-2-1-3-9-18)35-17-23-29-22-13-7-5-11-20(22)25(34)32(23)15-14-28/h1-13H,15-17H2. The van der Waals surface area contributed by atoms with E-state index in [1.807, 2.05) is 47.0 Å². The number of benzene rings is 3. The SMILES string of the molecule is N#CCn1c(CSc2nnc(-c3ccccc3F)n2Cc2ccccc2)nc2ccccc2c1=O. The van der Waals surface area contributed by atoms with Crippen LogP contribution in [-0.4, -0.2) is 24.3 Å². The van der Waals surface area contributed by atoms with Crippen molar-refractivity contribution in [1.82, 2.24) is 24.3 Å². The molecule has 0 aliphatic heterocycles. The number of halogens is 1. The molecule has 5 rings (SSSR count). The zero-order valence-electron chi connectivity index (χ0n) is 18.5. The van der Waals surface area contributed by atoms with Gasteiger partial charge in [0.25, 0.3) is 5.56 Å². The summed E-state index contributed by atoms with van der Waals surface area (Å²) >= 11 is 1.33. The van der Waals surface area contributed by atoms with E-state index in [2.05, 4.69) is 15.2 Å². The Morgan fingerprint density at radius 3 is 2.46 bits per heavy atom. The van der Waals surface area contributed by atoms with Crippen molar-refractivity contribution in [3.63, 3.8) is 0 Å². The summed E-state index contributed by atoms with van der Waals surface area (Å²) in [6, 6.07) is 25.3. The van der Waals surface area contributed by atoms with Crippen molar-refractivity contribution in [1.29, 1.82) is 5.26 Å². The monoisotopic (exact) mass is 482 g/mol. The lowest BCUT2D eigenvalue weighted by Crippen LogP contribution is -2.24. The van der Waals surface area contributed by atoms with Crippen molar-refractivity contribution in [3.8, 4) is 17.5 Å². The fourth-order valence-corrected chi connectivity index (χ4v) is 4.72. The van der Waals surface area contributed by atoms with E-state index < -0.39 is 0 Å². The number of hydrogen-bond donors (Lipinski definition) is 0. The molecule has 5 aromatic rings. The third kappa shape index (κ3) is 4.56. The molecule has 9 heteroatoms. The highest BCUT2D eigenvalue weighted by Crippen LogP contribution is 2.28. The van der Waals surface area contributed by atoms with Gasteiger partial charge in [0.15, 0.2) is 11.0 Å². The van der Waals surface area contributed by atoms with Crippen LogP contribution in [0.15, 0.2) is 88.8 Å². The van der Waals surface area contributed by atoms with Gasteiger partial charge in [0, 0.05) is 0 Å². The molecule has 3 aromatic carbocycles. The van der Waals surface area contributed by atoms with Crippen LogP contribution in [-0.2, 0) is 18.8 Å². The first-order valence-corrected chi connectivity index (χ1v) is 11.8. The number of para-hydroxylation sites is 1. The molecule has 0 bridgehead atoms. The lowest BCUT2D eigenvalue weighted by Gasteiger charge is -2.13. The van der Waals surface area contributed by atoms with Crippen LogP contribution >= 0.6 is 11.8 Å². The normalized spacial score (nSPS) is 11.0. The fraction of sp³-hybridized carbons (Fsp3) is 0.115. The van der Waals surface area contributed by atoms with Gasteiger partial charge in [0.05, 0.1) is 34.8 Å². The lowest BCUT2D eigenvalue weighted by molar-refractivity contribution is 0.626. The predicted octanol–water partition coefficient (Wildman–Crippen LogP) is 4.66. The van der Waals surface area contributed by atoms with Crippen molar-refractivity contribution in [3.05, 3.63) is 106 Å². The van der Waals surface area contributed by atoms with E-state index in [0.717, 1.165) is 5.56 Å². The molecule has 0 spiro atoms. The van der Waals surface area contributed by atoms with Gasteiger partial charge in [-0.2, -0.15) is 5.26 Å². The van der Waals surface area contributed by atoms with Gasteiger partial charge in [-0.1, -0.05) is 66.4 Å². The molecule has 2 heterocycles. The maximum Gasteiger partial charge on any atom is 0.262 e. The van der Waals surface area contributed by atoms with Crippen LogP contribution in [0.25, 0.3) is 22.3 Å². The van der Waals surface area contributed by atoms with Gasteiger partial charge in [-0.05, 0) is 29.8 Å². The van der Waals surface area contributed by atoms with E-state index >= 15 is 0 Å². The van der Waals surface area contributed by atoms with Crippen molar-refractivity contribution in [2.45, 2.75) is 24.0 Å². The Kier molecular flexibility index (Phi) is 6.37. The minimum atomic E-state index is -0.384. The van der Waals surface area contributed by atoms with Gasteiger partial charge in [0.2, 0.25) is 0 Å². The minimum absolute atomic E-state index is 0.107. The summed E-state index contributed by atoms with van der Waals surface area (Å²) in [5.74, 6) is 0.772. The number of thioether (sulfide) groups is 1. The molecular weight excluding hydrogens is 463 g/mol. The van der Waals surface area contributed by atoms with Crippen LogP contribution in [0.3, 0.4) is 0 Å². The number of fused-ring (bicyclic) bond motifs is 1. The molecule has 0 radical (unpaired) electrons. The molecule has 0 saturated heterocycles. The zero-order chi connectivity index (χ0) is 24.2. The highest BCUT2D eigenvalue weighted by molar-refractivity contribution is 7.98. The van der Waals surface area contributed by atoms with Gasteiger partial charge in [-0.15, -0.1) is 10.2 Å². The van der Waals surface area contributed by atoms with Crippen molar-refractivity contribution < 1.29 is 4.39 Å². The molecule has 2 aromatic heterocycles. The Morgan fingerprint density at radius 2 is 1.66 bits per heavy atom. The van der Waals surface area contributed by atoms with Crippen LogP contribution in [0.4, 0.5) is 4.39 Å². The van der Waals surface area contributed by atoms with E-state index in [1.165, 1.54) is 22.4 Å². The summed E-state index contributed by atoms with van der Waals surface area (Å²) in [7, 11) is 0. The third-order valence-corrected chi connectivity index (χ3v) is 6.48. The van der Waals surface area contributed by atoms with E-state index in [0.29, 0.717) is 39.8 Å². The van der Waals surface area contributed by atoms with Gasteiger partial charge in [0.1, 0.15) is 18.2 Å². The third-order valence-electron chi connectivity index (χ3n) is 5.51. The first-order chi connectivity index (χ1) is 17.2. The molecule has 0 aliphatic carbocycles. The number of hydrogen-bond acceptors (Lipinski definition) is 6. The van der Waals surface area contributed by atoms with Crippen LogP contribution in [0, 0.1) is 17.1 Å². The predicted molar refractivity (Wildman–Crippen MR) is 132 cm³/mol. The highest BCUT2D eigenvalue weighted by Gasteiger charge is 2.19. The van der Waals surface area contributed by atoms with Crippen molar-refractivity contribution >= 4 is 22.7 Å². The second-order valence-corrected chi connectivity index (χ2v) is 8.68. The number of rotatable bonds is 7. The topological polar surface area (TPSA) is 89.4 Å². The van der Waals surface area contributed by atoms with E-state index in [-0.39, 0.29) is 23.7 Å². The Labute approximate surface area is 204 Å². The van der Waals surface area contributed by atoms with Gasteiger partial charge < -0.3 is 0 Å². The van der Waals surface area contributed by atoms with E-state index in [9.17, 15) is 14.4 Å². The quantitative estimate of drug-likeness (QED) is 0.314. The molecule has 35 heavy (non-hydrogen) atoms. The molecule has 0 N–H and O–H groups in total. The Balaban J connectivity index is 1.54. The van der Waals surface area contributed by atoms with E-state index in [4.69, 9.17) is 0 Å². The minimum Gasteiger partial charge on any atom is -0.297 e. The van der Waals surface area contributed by atoms with E-state index in [1.54, 1.807) is 36.4 Å². The first-order valence-electron chi connectivity index (χ1n) is 10.9. The Bertz CT molecular complexity index is 1610. The number of nitrogens with zero attached hydrogens (tertiary/aromatic N) is 6. The van der Waals surface area contributed by atoms with Gasteiger partial charge in [-0.25, -0.2) is 9.37 Å². The Hall–Kier alpha value is -4.29. The molecule has 0 saturated carbocycles. The second kappa shape index (κ2) is 9.91. The molecular formula is C26H19FN6OS. The maximum atomic E-state index is 14.6. The average molecular weight is 483 g/mol. The molecule has 0 fully saturated rings. The van der Waals surface area contributed by atoms with Crippen LogP contribution in [0.2, 0.25) is 0 Å². The fourth-order valence-electron chi connectivity index (χ4n) is 3.83. The summed E-state index contributed by atoms with van der Waals surface area (Å²) < 4.78 is 17.9. The smallest absolute Gasteiger partial charge is 0.262 e. The molecule has 0 aliphatic rings. The summed E-state index contributed by atoms with van der Waals surface area (Å²) in [6.45, 7) is 0.333. The molecule has 7 nitrogen and oxygen atoms in total. The molecule has 0 unspecified atom stereocenters. The molecule has 0 atom stereocenters. The summed E-state index contributed by atoms with van der Waals surface area (Å²) in [4.78, 5) is 17.6. The van der Waals surface area contributed by atoms with Gasteiger partial charge in [-0.3, -0.25) is 13.9 Å². The first kappa shape index (κ1) is 22.5. The number of nitriles is 1. The zero-order valence-corrected chi connectivity index (χ0v) is 19.3. The van der Waals surface area contributed by atoms with Crippen molar-refractivity contribution in [2.75, 3.05) is 0 Å². The maximum absolute atomic E-state index is 14.6. The van der Waals surface area contributed by atoms with Crippen molar-refractivity contribution in [2.24, 2.45) is 0 Å². The highest BCUT2D eigenvalue weighted by atomic mass is 32.2. The Morgan fingerprint density at radius 1 is 0.914 bits per heavy atom. The summed E-state index contributed by atoms with van der Waals surface area (Å²) in [6.07, 6.45) is 0. The number of aromatic nitrogens is 5.